The fourth-order valence-corrected chi connectivity index (χ4v) is 1.13. The number of rotatable bonds is 2. The first kappa shape index (κ1) is 9.07. The minimum Gasteiger partial charge on any atom is -0.308 e. The topological polar surface area (TPSA) is 68.5 Å². The number of anilines is 2. The standard InChI is InChI=1S/C7H7BrN6/c1-14-7(11-12-13-14)10-6-3-2-5(8)4-9-6/h2-4H,1H3,(H,9,10,11,13). The SMILES string of the molecule is Cn1nnnc1Nc1ccc(Br)cn1. The molecule has 0 radical (unpaired) electrons. The Bertz CT molecular complexity index is 422. The van der Waals surface area contributed by atoms with Gasteiger partial charge in [0.05, 0.1) is 0 Å². The summed E-state index contributed by atoms with van der Waals surface area (Å²) in [6.07, 6.45) is 1.70. The number of aryl methyl sites for hydroxylation is 1. The molecule has 7 heteroatoms. The van der Waals surface area contributed by atoms with E-state index in [0.717, 1.165) is 4.47 Å². The number of tetrazole rings is 1. The molecule has 0 saturated heterocycles. The summed E-state index contributed by atoms with van der Waals surface area (Å²) in [4.78, 5) is 4.13. The van der Waals surface area contributed by atoms with E-state index in [-0.39, 0.29) is 0 Å². The molecule has 0 atom stereocenters. The second kappa shape index (κ2) is 3.70. The van der Waals surface area contributed by atoms with Crippen molar-refractivity contribution in [2.45, 2.75) is 0 Å². The van der Waals surface area contributed by atoms with E-state index in [1.807, 2.05) is 12.1 Å². The van der Waals surface area contributed by atoms with Crippen molar-refractivity contribution >= 4 is 27.7 Å². The average molecular weight is 255 g/mol. The lowest BCUT2D eigenvalue weighted by atomic mass is 10.5. The number of pyridine rings is 1. The minimum atomic E-state index is 0.555. The normalized spacial score (nSPS) is 10.1. The lowest BCUT2D eigenvalue weighted by Gasteiger charge is -2.01. The van der Waals surface area contributed by atoms with Crippen molar-refractivity contribution < 1.29 is 0 Å². The lowest BCUT2D eigenvalue weighted by molar-refractivity contribution is 0.715. The van der Waals surface area contributed by atoms with E-state index in [0.29, 0.717) is 11.8 Å². The third-order valence-corrected chi connectivity index (χ3v) is 2.06. The predicted octanol–water partition coefficient (Wildman–Crippen LogP) is 1.11. The molecule has 0 unspecified atom stereocenters. The van der Waals surface area contributed by atoms with Crippen LogP contribution in [0.1, 0.15) is 0 Å². The Morgan fingerprint density at radius 1 is 1.43 bits per heavy atom. The van der Waals surface area contributed by atoms with E-state index < -0.39 is 0 Å². The highest BCUT2D eigenvalue weighted by Crippen LogP contribution is 2.13. The van der Waals surface area contributed by atoms with Gasteiger partial charge in [0.15, 0.2) is 0 Å². The number of aromatic nitrogens is 5. The van der Waals surface area contributed by atoms with Crippen LogP contribution in [0.2, 0.25) is 0 Å². The fourth-order valence-electron chi connectivity index (χ4n) is 0.900. The van der Waals surface area contributed by atoms with Crippen molar-refractivity contribution in [3.05, 3.63) is 22.8 Å². The highest BCUT2D eigenvalue weighted by atomic mass is 79.9. The second-order valence-corrected chi connectivity index (χ2v) is 3.53. The van der Waals surface area contributed by atoms with Gasteiger partial charge >= 0.3 is 0 Å². The van der Waals surface area contributed by atoms with Gasteiger partial charge in [-0.1, -0.05) is 5.10 Å². The molecular weight excluding hydrogens is 248 g/mol. The van der Waals surface area contributed by atoms with Gasteiger partial charge in [-0.25, -0.2) is 9.67 Å². The summed E-state index contributed by atoms with van der Waals surface area (Å²) in [5.41, 5.74) is 0. The number of nitrogens with zero attached hydrogens (tertiary/aromatic N) is 5. The van der Waals surface area contributed by atoms with E-state index in [4.69, 9.17) is 0 Å². The lowest BCUT2D eigenvalue weighted by Crippen LogP contribution is -2.01. The third-order valence-electron chi connectivity index (χ3n) is 1.59. The van der Waals surface area contributed by atoms with E-state index in [1.54, 1.807) is 13.2 Å². The van der Waals surface area contributed by atoms with Gasteiger partial charge in [0.25, 0.3) is 0 Å². The van der Waals surface area contributed by atoms with Crippen molar-refractivity contribution in [2.24, 2.45) is 7.05 Å². The number of nitrogens with one attached hydrogen (secondary N) is 1. The largest absolute Gasteiger partial charge is 0.308 e. The molecular formula is C7H7BrN6. The fraction of sp³-hybridized carbons (Fsp3) is 0.143. The van der Waals surface area contributed by atoms with Crippen LogP contribution in [0.15, 0.2) is 22.8 Å². The third kappa shape index (κ3) is 1.87. The zero-order valence-corrected chi connectivity index (χ0v) is 8.93. The average Bonchev–Trinajstić information content (AvgIpc) is 2.56. The molecule has 72 valence electrons. The van der Waals surface area contributed by atoms with Crippen LogP contribution in [0.5, 0.6) is 0 Å². The van der Waals surface area contributed by atoms with Gasteiger partial charge in [-0.05, 0) is 38.5 Å². The maximum absolute atomic E-state index is 4.13. The molecule has 14 heavy (non-hydrogen) atoms. The first-order chi connectivity index (χ1) is 6.75. The molecule has 6 nitrogen and oxygen atoms in total. The van der Waals surface area contributed by atoms with E-state index in [1.165, 1.54) is 4.68 Å². The monoisotopic (exact) mass is 254 g/mol. The Morgan fingerprint density at radius 2 is 2.29 bits per heavy atom. The van der Waals surface area contributed by atoms with Crippen molar-refractivity contribution in [3.8, 4) is 0 Å². The van der Waals surface area contributed by atoms with Crippen molar-refractivity contribution in [3.63, 3.8) is 0 Å². The molecule has 0 aliphatic heterocycles. The summed E-state index contributed by atoms with van der Waals surface area (Å²) in [6, 6.07) is 3.72. The zero-order valence-electron chi connectivity index (χ0n) is 7.35. The zero-order chi connectivity index (χ0) is 9.97. The maximum Gasteiger partial charge on any atom is 0.248 e. The molecule has 2 aromatic rings. The number of hydrogen-bond donors (Lipinski definition) is 1. The molecule has 2 rings (SSSR count). The molecule has 0 amide bonds. The Morgan fingerprint density at radius 3 is 2.86 bits per heavy atom. The van der Waals surface area contributed by atoms with Gasteiger partial charge in [-0.15, -0.1) is 0 Å². The van der Waals surface area contributed by atoms with Gasteiger partial charge in [-0.3, -0.25) is 0 Å². The van der Waals surface area contributed by atoms with Crippen LogP contribution in [-0.2, 0) is 7.05 Å². The minimum absolute atomic E-state index is 0.555. The first-order valence-electron chi connectivity index (χ1n) is 3.86. The van der Waals surface area contributed by atoms with Crippen LogP contribution in [-0.4, -0.2) is 25.2 Å². The van der Waals surface area contributed by atoms with Crippen LogP contribution in [0.4, 0.5) is 11.8 Å². The quantitative estimate of drug-likeness (QED) is 0.870. The molecule has 0 aliphatic carbocycles. The smallest absolute Gasteiger partial charge is 0.248 e. The van der Waals surface area contributed by atoms with Gasteiger partial charge in [0.1, 0.15) is 5.82 Å². The molecule has 2 aromatic heterocycles. The molecule has 0 aromatic carbocycles. The maximum atomic E-state index is 4.13. The molecule has 0 bridgehead atoms. The van der Waals surface area contributed by atoms with E-state index in [9.17, 15) is 0 Å². The first-order valence-corrected chi connectivity index (χ1v) is 4.66. The Kier molecular flexibility index (Phi) is 2.40. The summed E-state index contributed by atoms with van der Waals surface area (Å²) in [6.45, 7) is 0. The van der Waals surface area contributed by atoms with Crippen molar-refractivity contribution in [1.82, 2.24) is 25.2 Å². The summed E-state index contributed by atoms with van der Waals surface area (Å²) < 4.78 is 2.46. The van der Waals surface area contributed by atoms with E-state index in [2.05, 4.69) is 41.8 Å². The van der Waals surface area contributed by atoms with Gasteiger partial charge in [0.2, 0.25) is 5.95 Å². The van der Waals surface area contributed by atoms with Crippen molar-refractivity contribution in [1.29, 1.82) is 0 Å². The second-order valence-electron chi connectivity index (χ2n) is 2.61. The molecule has 0 spiro atoms. The summed E-state index contributed by atoms with van der Waals surface area (Å²) in [7, 11) is 1.75. The molecule has 0 fully saturated rings. The molecule has 0 aliphatic rings. The summed E-state index contributed by atoms with van der Waals surface area (Å²) in [5, 5.41) is 13.9. The van der Waals surface area contributed by atoms with Crippen LogP contribution >= 0.6 is 15.9 Å². The Labute approximate surface area is 88.5 Å². The van der Waals surface area contributed by atoms with Crippen LogP contribution in [0.3, 0.4) is 0 Å². The van der Waals surface area contributed by atoms with Crippen LogP contribution < -0.4 is 5.32 Å². The molecule has 0 saturated carbocycles. The summed E-state index contributed by atoms with van der Waals surface area (Å²) in [5.74, 6) is 1.26. The number of halogens is 1. The van der Waals surface area contributed by atoms with Crippen molar-refractivity contribution in [2.75, 3.05) is 5.32 Å². The van der Waals surface area contributed by atoms with E-state index >= 15 is 0 Å². The van der Waals surface area contributed by atoms with Gasteiger partial charge < -0.3 is 5.32 Å². The molecule has 1 N–H and O–H groups in total. The van der Waals surface area contributed by atoms with Crippen LogP contribution in [0, 0.1) is 0 Å². The number of hydrogen-bond acceptors (Lipinski definition) is 5. The van der Waals surface area contributed by atoms with Gasteiger partial charge in [-0.2, -0.15) is 0 Å². The van der Waals surface area contributed by atoms with Crippen LogP contribution in [0.25, 0.3) is 0 Å². The molecule has 2 heterocycles. The Balaban J connectivity index is 2.19. The highest BCUT2D eigenvalue weighted by molar-refractivity contribution is 9.10. The highest BCUT2D eigenvalue weighted by Gasteiger charge is 2.01. The predicted molar refractivity (Wildman–Crippen MR) is 54.0 cm³/mol. The van der Waals surface area contributed by atoms with Gasteiger partial charge in [0, 0.05) is 17.7 Å². The summed E-state index contributed by atoms with van der Waals surface area (Å²) >= 11 is 3.30. The Hall–Kier alpha value is -1.50.